The summed E-state index contributed by atoms with van der Waals surface area (Å²) in [7, 11) is 0. The molecular weight excluding hydrogens is 228 g/mol. The van der Waals surface area contributed by atoms with Gasteiger partial charge in [0.05, 0.1) is 10.4 Å². The van der Waals surface area contributed by atoms with Gasteiger partial charge in [0.25, 0.3) is 0 Å². The molecule has 2 heterocycles. The van der Waals surface area contributed by atoms with E-state index in [1.54, 1.807) is 18.5 Å². The van der Waals surface area contributed by atoms with Crippen LogP contribution in [0, 0.1) is 5.41 Å². The Morgan fingerprint density at radius 1 is 1.69 bits per heavy atom. The number of nitrogens with zero attached hydrogens (tertiary/aromatic N) is 1. The first-order chi connectivity index (χ1) is 7.64. The van der Waals surface area contributed by atoms with Gasteiger partial charge in [0.15, 0.2) is 0 Å². The molecule has 1 fully saturated rings. The monoisotopic (exact) mass is 240 g/mol. The Kier molecular flexibility index (Phi) is 3.12. The quantitative estimate of drug-likeness (QED) is 0.837. The number of hydrogen-bond acceptors (Lipinski definition) is 3. The Labute approximate surface area is 98.6 Å². The van der Waals surface area contributed by atoms with Crippen molar-refractivity contribution in [1.29, 1.82) is 0 Å². The normalized spacial score (nSPS) is 24.6. The molecule has 0 saturated carbocycles. The predicted molar refractivity (Wildman–Crippen MR) is 60.5 cm³/mol. The molecule has 0 aromatic carbocycles. The Hall–Kier alpha value is -1.13. The largest absolute Gasteiger partial charge is 0.481 e. The van der Waals surface area contributed by atoms with Gasteiger partial charge in [-0.3, -0.25) is 9.78 Å². The number of rotatable bonds is 3. The molecule has 0 bridgehead atoms. The fourth-order valence-corrected chi connectivity index (χ4v) is 2.25. The van der Waals surface area contributed by atoms with E-state index < -0.39 is 11.4 Å². The maximum Gasteiger partial charge on any atom is 0.311 e. The van der Waals surface area contributed by atoms with Crippen molar-refractivity contribution in [2.75, 3.05) is 13.1 Å². The molecule has 0 spiro atoms. The minimum atomic E-state index is -0.759. The van der Waals surface area contributed by atoms with Gasteiger partial charge in [-0.05, 0) is 31.0 Å². The van der Waals surface area contributed by atoms with Crippen molar-refractivity contribution in [3.63, 3.8) is 0 Å². The summed E-state index contributed by atoms with van der Waals surface area (Å²) in [6.45, 7) is 1.25. The molecule has 1 saturated heterocycles. The minimum Gasteiger partial charge on any atom is -0.481 e. The molecule has 5 heteroatoms. The highest BCUT2D eigenvalue weighted by atomic mass is 35.5. The second-order valence-corrected chi connectivity index (χ2v) is 4.56. The maximum absolute atomic E-state index is 11.3. The molecule has 4 nitrogen and oxygen atoms in total. The first-order valence-corrected chi connectivity index (χ1v) is 5.54. The smallest absolute Gasteiger partial charge is 0.311 e. The zero-order chi connectivity index (χ0) is 11.6. The number of carbonyl (C=O) groups is 1. The number of aromatic nitrogens is 1. The highest BCUT2D eigenvalue weighted by Gasteiger charge is 2.41. The number of carboxylic acid groups (broad SMARTS) is 1. The van der Waals surface area contributed by atoms with Crippen LogP contribution in [0.15, 0.2) is 18.5 Å². The van der Waals surface area contributed by atoms with Crippen LogP contribution in [-0.4, -0.2) is 29.1 Å². The van der Waals surface area contributed by atoms with Crippen LogP contribution in [0.2, 0.25) is 5.02 Å². The first-order valence-electron chi connectivity index (χ1n) is 5.17. The van der Waals surface area contributed by atoms with E-state index in [4.69, 9.17) is 11.6 Å². The fourth-order valence-electron chi connectivity index (χ4n) is 2.06. The van der Waals surface area contributed by atoms with Crippen molar-refractivity contribution in [3.8, 4) is 0 Å². The van der Waals surface area contributed by atoms with Crippen molar-refractivity contribution in [1.82, 2.24) is 10.3 Å². The van der Waals surface area contributed by atoms with E-state index in [9.17, 15) is 9.90 Å². The third-order valence-corrected chi connectivity index (χ3v) is 3.42. The third-order valence-electron chi connectivity index (χ3n) is 3.08. The van der Waals surface area contributed by atoms with E-state index in [1.807, 2.05) is 0 Å². The molecular formula is C11H13ClN2O2. The molecule has 1 aromatic rings. The van der Waals surface area contributed by atoms with Gasteiger partial charge < -0.3 is 10.4 Å². The topological polar surface area (TPSA) is 62.2 Å². The highest BCUT2D eigenvalue weighted by Crippen LogP contribution is 2.32. The van der Waals surface area contributed by atoms with Gasteiger partial charge in [0, 0.05) is 18.9 Å². The number of nitrogens with one attached hydrogen (secondary N) is 1. The van der Waals surface area contributed by atoms with Crippen LogP contribution in [0.4, 0.5) is 0 Å². The zero-order valence-corrected chi connectivity index (χ0v) is 9.50. The first kappa shape index (κ1) is 11.4. The molecule has 1 aliphatic rings. The minimum absolute atomic E-state index is 0.455. The maximum atomic E-state index is 11.3. The summed E-state index contributed by atoms with van der Waals surface area (Å²) in [4.78, 5) is 15.2. The number of halogens is 1. The second kappa shape index (κ2) is 4.39. The van der Waals surface area contributed by atoms with Crippen molar-refractivity contribution in [2.24, 2.45) is 5.41 Å². The standard InChI is InChI=1S/C11H13ClN2O2/c12-9-6-13-3-1-8(9)5-11(10(15)16)2-4-14-7-11/h1,3,6,14H,2,4-5,7H2,(H,15,16). The lowest BCUT2D eigenvalue weighted by Crippen LogP contribution is -2.35. The van der Waals surface area contributed by atoms with Crippen LogP contribution >= 0.6 is 11.6 Å². The van der Waals surface area contributed by atoms with E-state index in [1.165, 1.54) is 0 Å². The Balaban J connectivity index is 2.25. The molecule has 2 N–H and O–H groups in total. The lowest BCUT2D eigenvalue weighted by atomic mass is 9.81. The molecule has 1 aliphatic heterocycles. The second-order valence-electron chi connectivity index (χ2n) is 4.16. The van der Waals surface area contributed by atoms with Gasteiger partial charge >= 0.3 is 5.97 Å². The highest BCUT2D eigenvalue weighted by molar-refractivity contribution is 6.31. The Morgan fingerprint density at radius 2 is 2.50 bits per heavy atom. The van der Waals surface area contributed by atoms with E-state index in [0.29, 0.717) is 24.4 Å². The van der Waals surface area contributed by atoms with Crippen molar-refractivity contribution >= 4 is 17.6 Å². The predicted octanol–water partition coefficient (Wildman–Crippen LogP) is 1.34. The lowest BCUT2D eigenvalue weighted by molar-refractivity contribution is -0.147. The number of aliphatic carboxylic acids is 1. The summed E-state index contributed by atoms with van der Waals surface area (Å²) in [5, 5.41) is 12.9. The fraction of sp³-hybridized carbons (Fsp3) is 0.455. The van der Waals surface area contributed by atoms with Gasteiger partial charge in [-0.2, -0.15) is 0 Å². The van der Waals surface area contributed by atoms with Crippen molar-refractivity contribution < 1.29 is 9.90 Å². The SMILES string of the molecule is O=C(O)C1(Cc2ccncc2Cl)CCNC1. The Morgan fingerprint density at radius 3 is 3.06 bits per heavy atom. The average Bonchev–Trinajstić information content (AvgIpc) is 2.71. The summed E-state index contributed by atoms with van der Waals surface area (Å²) in [5.41, 5.74) is 0.133. The number of carboxylic acids is 1. The van der Waals surface area contributed by atoms with Crippen molar-refractivity contribution in [2.45, 2.75) is 12.8 Å². The zero-order valence-electron chi connectivity index (χ0n) is 8.74. The van der Waals surface area contributed by atoms with Gasteiger partial charge in [-0.1, -0.05) is 11.6 Å². The van der Waals surface area contributed by atoms with Gasteiger partial charge in [-0.15, -0.1) is 0 Å². The van der Waals surface area contributed by atoms with Gasteiger partial charge in [0.2, 0.25) is 0 Å². The van der Waals surface area contributed by atoms with Crippen LogP contribution < -0.4 is 5.32 Å². The summed E-state index contributed by atoms with van der Waals surface area (Å²) >= 11 is 5.99. The molecule has 1 unspecified atom stereocenters. The number of hydrogen-bond donors (Lipinski definition) is 2. The van der Waals surface area contributed by atoms with Crippen LogP contribution in [0.5, 0.6) is 0 Å². The molecule has 1 aromatic heterocycles. The summed E-state index contributed by atoms with van der Waals surface area (Å²) < 4.78 is 0. The summed E-state index contributed by atoms with van der Waals surface area (Å²) in [5.74, 6) is -0.759. The molecule has 0 radical (unpaired) electrons. The van der Waals surface area contributed by atoms with Gasteiger partial charge in [0.1, 0.15) is 0 Å². The van der Waals surface area contributed by atoms with Crippen LogP contribution in [0.25, 0.3) is 0 Å². The molecule has 0 amide bonds. The molecule has 2 rings (SSSR count). The molecule has 86 valence electrons. The summed E-state index contributed by atoms with van der Waals surface area (Å²) in [6, 6.07) is 1.78. The van der Waals surface area contributed by atoms with E-state index in [-0.39, 0.29) is 0 Å². The average molecular weight is 241 g/mol. The van der Waals surface area contributed by atoms with Crippen LogP contribution in [0.1, 0.15) is 12.0 Å². The Bertz CT molecular complexity index is 403. The van der Waals surface area contributed by atoms with Crippen LogP contribution in [-0.2, 0) is 11.2 Å². The van der Waals surface area contributed by atoms with E-state index in [0.717, 1.165) is 12.1 Å². The molecule has 1 atom stereocenters. The van der Waals surface area contributed by atoms with Gasteiger partial charge in [-0.25, -0.2) is 0 Å². The number of pyridine rings is 1. The van der Waals surface area contributed by atoms with E-state index >= 15 is 0 Å². The van der Waals surface area contributed by atoms with E-state index in [2.05, 4.69) is 10.3 Å². The molecule has 0 aliphatic carbocycles. The van der Waals surface area contributed by atoms with Crippen LogP contribution in [0.3, 0.4) is 0 Å². The third kappa shape index (κ3) is 2.03. The van der Waals surface area contributed by atoms with Crippen molar-refractivity contribution in [3.05, 3.63) is 29.0 Å². The lowest BCUT2D eigenvalue weighted by Gasteiger charge is -2.23. The molecule has 16 heavy (non-hydrogen) atoms. The summed E-state index contributed by atoms with van der Waals surface area (Å²) in [6.07, 6.45) is 4.28.